The van der Waals surface area contributed by atoms with Crippen LogP contribution in [-0.2, 0) is 6.54 Å². The zero-order valence-corrected chi connectivity index (χ0v) is 13.3. The molecule has 0 atom stereocenters. The maximum atomic E-state index is 13.4. The van der Waals surface area contributed by atoms with Gasteiger partial charge in [-0.1, -0.05) is 30.3 Å². The molecule has 122 valence electrons. The van der Waals surface area contributed by atoms with Crippen LogP contribution in [0.4, 0.5) is 8.78 Å². The minimum absolute atomic E-state index is 0.0252. The van der Waals surface area contributed by atoms with Gasteiger partial charge in [-0.05, 0) is 31.8 Å². The van der Waals surface area contributed by atoms with Gasteiger partial charge in [-0.15, -0.1) is 0 Å². The van der Waals surface area contributed by atoms with Crippen LogP contribution in [0.15, 0.2) is 48.5 Å². The Labute approximate surface area is 135 Å². The number of likely N-dealkylation sites (N-methyl/N-ethyl adjacent to an activating group) is 1. The molecule has 2 rings (SSSR count). The van der Waals surface area contributed by atoms with Gasteiger partial charge in [0.25, 0.3) is 5.91 Å². The van der Waals surface area contributed by atoms with E-state index in [9.17, 15) is 13.6 Å². The van der Waals surface area contributed by atoms with Crippen molar-refractivity contribution in [2.45, 2.75) is 6.54 Å². The Morgan fingerprint density at radius 2 is 1.57 bits per heavy atom. The number of nitrogens with zero attached hydrogens (tertiary/aromatic N) is 2. The van der Waals surface area contributed by atoms with Crippen molar-refractivity contribution < 1.29 is 13.6 Å². The van der Waals surface area contributed by atoms with Gasteiger partial charge in [-0.2, -0.15) is 0 Å². The van der Waals surface area contributed by atoms with Crippen LogP contribution in [-0.4, -0.2) is 42.9 Å². The van der Waals surface area contributed by atoms with E-state index in [0.29, 0.717) is 19.6 Å². The number of hydrogen-bond acceptors (Lipinski definition) is 2. The number of benzene rings is 2. The van der Waals surface area contributed by atoms with Crippen LogP contribution in [0.3, 0.4) is 0 Å². The van der Waals surface area contributed by atoms with Crippen molar-refractivity contribution in [3.05, 3.63) is 71.3 Å². The first-order valence-corrected chi connectivity index (χ1v) is 7.40. The fourth-order valence-corrected chi connectivity index (χ4v) is 2.24. The highest BCUT2D eigenvalue weighted by Gasteiger charge is 2.18. The standard InChI is InChI=1S/C18H20F2N2O/c1-21(2)8-9-22(13-14-6-4-3-5-7-14)18(23)15-10-16(19)12-17(20)11-15/h3-7,10-12H,8-9,13H2,1-2H3. The summed E-state index contributed by atoms with van der Waals surface area (Å²) in [7, 11) is 3.82. The van der Waals surface area contributed by atoms with Crippen molar-refractivity contribution in [1.29, 1.82) is 0 Å². The van der Waals surface area contributed by atoms with Crippen molar-refractivity contribution in [1.82, 2.24) is 9.80 Å². The molecule has 0 heterocycles. The summed E-state index contributed by atoms with van der Waals surface area (Å²) < 4.78 is 26.7. The molecule has 5 heteroatoms. The first kappa shape index (κ1) is 17.1. The molecule has 1 amide bonds. The molecule has 0 bridgehead atoms. The van der Waals surface area contributed by atoms with Crippen LogP contribution in [0, 0.1) is 11.6 Å². The average Bonchev–Trinajstić information content (AvgIpc) is 2.50. The number of halogens is 2. The first-order valence-electron chi connectivity index (χ1n) is 7.40. The summed E-state index contributed by atoms with van der Waals surface area (Å²) in [5, 5.41) is 0. The van der Waals surface area contributed by atoms with Gasteiger partial charge in [0.15, 0.2) is 0 Å². The lowest BCUT2D eigenvalue weighted by molar-refractivity contribution is 0.0731. The predicted molar refractivity (Wildman–Crippen MR) is 86.1 cm³/mol. The molecule has 0 fully saturated rings. The molecule has 0 aromatic heterocycles. The summed E-state index contributed by atoms with van der Waals surface area (Å²) in [5.74, 6) is -1.88. The number of hydrogen-bond donors (Lipinski definition) is 0. The topological polar surface area (TPSA) is 23.6 Å². The van der Waals surface area contributed by atoms with Crippen molar-refractivity contribution in [3.63, 3.8) is 0 Å². The summed E-state index contributed by atoms with van der Waals surface area (Å²) in [6.45, 7) is 1.53. The van der Waals surface area contributed by atoms with Gasteiger partial charge in [0, 0.05) is 31.3 Å². The SMILES string of the molecule is CN(C)CCN(Cc1ccccc1)C(=O)c1cc(F)cc(F)c1. The molecule has 0 spiro atoms. The highest BCUT2D eigenvalue weighted by atomic mass is 19.1. The molecular weight excluding hydrogens is 298 g/mol. The molecule has 23 heavy (non-hydrogen) atoms. The number of carbonyl (C=O) groups excluding carboxylic acids is 1. The van der Waals surface area contributed by atoms with Gasteiger partial charge in [0.05, 0.1) is 0 Å². The smallest absolute Gasteiger partial charge is 0.254 e. The molecule has 0 N–H and O–H groups in total. The zero-order chi connectivity index (χ0) is 16.8. The van der Waals surface area contributed by atoms with Gasteiger partial charge in [0.1, 0.15) is 11.6 Å². The molecule has 2 aromatic rings. The third kappa shape index (κ3) is 5.14. The van der Waals surface area contributed by atoms with Crippen molar-refractivity contribution in [2.75, 3.05) is 27.2 Å². The summed E-state index contributed by atoms with van der Waals surface area (Å²) >= 11 is 0. The lowest BCUT2D eigenvalue weighted by atomic mass is 10.1. The Morgan fingerprint density at radius 1 is 0.957 bits per heavy atom. The maximum Gasteiger partial charge on any atom is 0.254 e. The van der Waals surface area contributed by atoms with Gasteiger partial charge in [-0.3, -0.25) is 4.79 Å². The normalized spacial score (nSPS) is 10.8. The van der Waals surface area contributed by atoms with Crippen LogP contribution in [0.2, 0.25) is 0 Å². The molecule has 0 aliphatic carbocycles. The van der Waals surface area contributed by atoms with Crippen molar-refractivity contribution in [2.24, 2.45) is 0 Å². The van der Waals surface area contributed by atoms with E-state index in [4.69, 9.17) is 0 Å². The molecule has 0 saturated heterocycles. The second-order valence-corrected chi connectivity index (χ2v) is 5.67. The number of amides is 1. The lowest BCUT2D eigenvalue weighted by Gasteiger charge is -2.24. The average molecular weight is 318 g/mol. The van der Waals surface area contributed by atoms with E-state index >= 15 is 0 Å². The van der Waals surface area contributed by atoms with Crippen molar-refractivity contribution in [3.8, 4) is 0 Å². The highest BCUT2D eigenvalue weighted by Crippen LogP contribution is 2.13. The molecule has 0 aliphatic heterocycles. The third-order valence-corrected chi connectivity index (χ3v) is 3.43. The van der Waals surface area contributed by atoms with E-state index in [0.717, 1.165) is 23.8 Å². The Balaban J connectivity index is 2.22. The number of rotatable bonds is 6. The molecule has 0 radical (unpaired) electrons. The Hall–Kier alpha value is -2.27. The van der Waals surface area contributed by atoms with Crippen LogP contribution >= 0.6 is 0 Å². The Bertz CT molecular complexity index is 639. The van der Waals surface area contributed by atoms with Crippen molar-refractivity contribution >= 4 is 5.91 Å². The van der Waals surface area contributed by atoms with Crippen LogP contribution in [0.5, 0.6) is 0 Å². The highest BCUT2D eigenvalue weighted by molar-refractivity contribution is 5.94. The Kier molecular flexibility index (Phi) is 5.82. The van der Waals surface area contributed by atoms with Gasteiger partial charge >= 0.3 is 0 Å². The van der Waals surface area contributed by atoms with E-state index < -0.39 is 11.6 Å². The summed E-state index contributed by atoms with van der Waals surface area (Å²) in [4.78, 5) is 16.2. The van der Waals surface area contributed by atoms with E-state index in [1.54, 1.807) is 4.90 Å². The minimum atomic E-state index is -0.749. The first-order chi connectivity index (χ1) is 11.0. The summed E-state index contributed by atoms with van der Waals surface area (Å²) in [6.07, 6.45) is 0. The van der Waals surface area contributed by atoms with E-state index in [1.807, 2.05) is 49.3 Å². The maximum absolute atomic E-state index is 13.4. The molecule has 0 saturated carbocycles. The Morgan fingerprint density at radius 3 is 2.13 bits per heavy atom. The van der Waals surface area contributed by atoms with Gasteiger partial charge < -0.3 is 9.80 Å². The molecule has 2 aromatic carbocycles. The second kappa shape index (κ2) is 7.83. The van der Waals surface area contributed by atoms with Gasteiger partial charge in [0.2, 0.25) is 0 Å². The fraction of sp³-hybridized carbons (Fsp3) is 0.278. The summed E-state index contributed by atoms with van der Waals surface area (Å²) in [5.41, 5.74) is 0.994. The molecule has 3 nitrogen and oxygen atoms in total. The monoisotopic (exact) mass is 318 g/mol. The minimum Gasteiger partial charge on any atom is -0.333 e. The van der Waals surface area contributed by atoms with E-state index in [1.165, 1.54) is 0 Å². The molecular formula is C18H20F2N2O. The van der Waals surface area contributed by atoms with Crippen LogP contribution in [0.25, 0.3) is 0 Å². The van der Waals surface area contributed by atoms with E-state index in [-0.39, 0.29) is 11.5 Å². The summed E-state index contributed by atoms with van der Waals surface area (Å²) in [6, 6.07) is 12.4. The number of carbonyl (C=O) groups is 1. The molecule has 0 unspecified atom stereocenters. The predicted octanol–water partition coefficient (Wildman–Crippen LogP) is 3.17. The third-order valence-electron chi connectivity index (χ3n) is 3.43. The quantitative estimate of drug-likeness (QED) is 0.817. The van der Waals surface area contributed by atoms with Gasteiger partial charge in [-0.25, -0.2) is 8.78 Å². The van der Waals surface area contributed by atoms with Crippen LogP contribution < -0.4 is 0 Å². The second-order valence-electron chi connectivity index (χ2n) is 5.67. The zero-order valence-electron chi connectivity index (χ0n) is 13.3. The molecule has 0 aliphatic rings. The van der Waals surface area contributed by atoms with Crippen LogP contribution in [0.1, 0.15) is 15.9 Å². The fourth-order valence-electron chi connectivity index (χ4n) is 2.24. The largest absolute Gasteiger partial charge is 0.333 e. The van der Waals surface area contributed by atoms with E-state index in [2.05, 4.69) is 0 Å². The lowest BCUT2D eigenvalue weighted by Crippen LogP contribution is -2.36.